The number of nitrogens with one attached hydrogen (secondary N) is 1. The number of likely N-dealkylation sites (tertiary alicyclic amines) is 1. The summed E-state index contributed by atoms with van der Waals surface area (Å²) in [5.41, 5.74) is 3.02. The number of fused-ring (bicyclic) bond motifs is 1. The molecule has 6 heteroatoms. The summed E-state index contributed by atoms with van der Waals surface area (Å²) in [7, 11) is -1.36. The van der Waals surface area contributed by atoms with Crippen LogP contribution in [0.4, 0.5) is 0 Å². The van der Waals surface area contributed by atoms with E-state index in [9.17, 15) is 8.42 Å². The number of aromatic amines is 1. The molecule has 0 spiro atoms. The molecule has 1 aliphatic heterocycles. The lowest BCUT2D eigenvalue weighted by Crippen LogP contribution is -2.17. The van der Waals surface area contributed by atoms with Crippen molar-refractivity contribution in [3.8, 4) is 0 Å². The summed E-state index contributed by atoms with van der Waals surface area (Å²) in [5.74, 6) is -0.117. The number of sulfonamides is 1. The topological polar surface area (TPSA) is 79.2 Å². The van der Waals surface area contributed by atoms with Gasteiger partial charge in [0.05, 0.1) is 5.75 Å². The molecule has 2 aromatic rings. The second-order valence-corrected chi connectivity index (χ2v) is 7.18. The van der Waals surface area contributed by atoms with Crippen molar-refractivity contribution in [2.45, 2.75) is 24.6 Å². The van der Waals surface area contributed by atoms with Crippen LogP contribution in [-0.2, 0) is 15.8 Å². The Bertz CT molecular complexity index is 736. The zero-order valence-corrected chi connectivity index (χ0v) is 12.3. The van der Waals surface area contributed by atoms with Crippen molar-refractivity contribution in [1.82, 2.24) is 9.88 Å². The Hall–Kier alpha value is -1.37. The molecule has 1 aliphatic rings. The summed E-state index contributed by atoms with van der Waals surface area (Å²) >= 11 is 0. The van der Waals surface area contributed by atoms with Crippen molar-refractivity contribution >= 4 is 20.9 Å². The smallest absolute Gasteiger partial charge is 0.213 e. The number of primary sulfonamides is 1. The molecule has 5 nitrogen and oxygen atoms in total. The molecule has 108 valence electrons. The molecule has 20 heavy (non-hydrogen) atoms. The van der Waals surface area contributed by atoms with Crippen molar-refractivity contribution in [1.29, 1.82) is 0 Å². The summed E-state index contributed by atoms with van der Waals surface area (Å²) < 4.78 is 22.5. The lowest BCUT2D eigenvalue weighted by molar-refractivity contribution is 0.319. The third kappa shape index (κ3) is 2.59. The summed E-state index contributed by atoms with van der Waals surface area (Å²) in [6.45, 7) is 1.11. The van der Waals surface area contributed by atoms with Crippen LogP contribution in [0.1, 0.15) is 30.0 Å². The number of hydrogen-bond acceptors (Lipinski definition) is 3. The SMILES string of the molecule is CN1CCCC1c1c[nH]c2ccc(CS(N)(=O)=O)cc12. The van der Waals surface area contributed by atoms with E-state index in [1.807, 2.05) is 24.4 Å². The van der Waals surface area contributed by atoms with Crippen LogP contribution in [0.3, 0.4) is 0 Å². The molecule has 0 saturated carbocycles. The van der Waals surface area contributed by atoms with Gasteiger partial charge in [0.15, 0.2) is 0 Å². The van der Waals surface area contributed by atoms with Gasteiger partial charge >= 0.3 is 0 Å². The van der Waals surface area contributed by atoms with E-state index in [-0.39, 0.29) is 5.75 Å². The van der Waals surface area contributed by atoms with Gasteiger partial charge < -0.3 is 4.98 Å². The van der Waals surface area contributed by atoms with Crippen LogP contribution in [-0.4, -0.2) is 31.9 Å². The fourth-order valence-electron chi connectivity index (χ4n) is 3.09. The lowest BCUT2D eigenvalue weighted by Gasteiger charge is -2.18. The Morgan fingerprint density at radius 1 is 1.45 bits per heavy atom. The quantitative estimate of drug-likeness (QED) is 0.904. The van der Waals surface area contributed by atoms with Crippen LogP contribution in [0.15, 0.2) is 24.4 Å². The third-order valence-corrected chi connectivity index (χ3v) is 4.76. The summed E-state index contributed by atoms with van der Waals surface area (Å²) in [6.07, 6.45) is 4.38. The van der Waals surface area contributed by atoms with Crippen molar-refractivity contribution in [2.75, 3.05) is 13.6 Å². The van der Waals surface area contributed by atoms with Gasteiger partial charge in [0.2, 0.25) is 10.0 Å². The second-order valence-electron chi connectivity index (χ2n) is 5.57. The number of nitrogens with two attached hydrogens (primary N) is 1. The normalized spacial score (nSPS) is 20.8. The molecule has 1 saturated heterocycles. The molecule has 0 radical (unpaired) electrons. The first-order valence-corrected chi connectivity index (χ1v) is 8.46. The number of benzene rings is 1. The maximum absolute atomic E-state index is 11.2. The average Bonchev–Trinajstić information content (AvgIpc) is 2.92. The fraction of sp³-hybridized carbons (Fsp3) is 0.429. The van der Waals surface area contributed by atoms with Gasteiger partial charge in [-0.25, -0.2) is 13.6 Å². The number of rotatable bonds is 3. The molecule has 3 rings (SSSR count). The Morgan fingerprint density at radius 2 is 2.25 bits per heavy atom. The molecule has 1 aromatic heterocycles. The van der Waals surface area contributed by atoms with Crippen LogP contribution in [0.25, 0.3) is 10.9 Å². The minimum absolute atomic E-state index is 0.117. The van der Waals surface area contributed by atoms with Gasteiger partial charge in [0.25, 0.3) is 0 Å². The van der Waals surface area contributed by atoms with E-state index in [1.54, 1.807) is 0 Å². The molecular formula is C14H19N3O2S. The molecule has 0 bridgehead atoms. The van der Waals surface area contributed by atoms with Crippen LogP contribution in [0, 0.1) is 0 Å². The van der Waals surface area contributed by atoms with Crippen molar-refractivity contribution < 1.29 is 8.42 Å². The Labute approximate surface area is 118 Å². The molecular weight excluding hydrogens is 274 g/mol. The highest BCUT2D eigenvalue weighted by Gasteiger charge is 2.25. The lowest BCUT2D eigenvalue weighted by atomic mass is 10.0. The molecule has 0 aliphatic carbocycles. The number of H-pyrrole nitrogens is 1. The molecule has 1 aromatic carbocycles. The van der Waals surface area contributed by atoms with Gasteiger partial charge in [-0.1, -0.05) is 6.07 Å². The van der Waals surface area contributed by atoms with E-state index in [1.165, 1.54) is 12.0 Å². The monoisotopic (exact) mass is 293 g/mol. The molecule has 1 atom stereocenters. The zero-order valence-electron chi connectivity index (χ0n) is 11.5. The van der Waals surface area contributed by atoms with E-state index < -0.39 is 10.0 Å². The summed E-state index contributed by atoms with van der Waals surface area (Å²) in [4.78, 5) is 5.61. The molecule has 0 amide bonds. The first-order valence-electron chi connectivity index (χ1n) is 6.75. The zero-order chi connectivity index (χ0) is 14.3. The van der Waals surface area contributed by atoms with Crippen molar-refractivity contribution in [2.24, 2.45) is 5.14 Å². The van der Waals surface area contributed by atoms with Crippen LogP contribution >= 0.6 is 0 Å². The van der Waals surface area contributed by atoms with Crippen LogP contribution < -0.4 is 5.14 Å². The second kappa shape index (κ2) is 4.87. The van der Waals surface area contributed by atoms with E-state index in [0.29, 0.717) is 6.04 Å². The molecule has 3 N–H and O–H groups in total. The number of aromatic nitrogens is 1. The number of nitrogens with zero attached hydrogens (tertiary/aromatic N) is 1. The highest BCUT2D eigenvalue weighted by molar-refractivity contribution is 7.88. The molecule has 1 unspecified atom stereocenters. The Kier molecular flexibility index (Phi) is 3.32. The van der Waals surface area contributed by atoms with E-state index in [4.69, 9.17) is 5.14 Å². The van der Waals surface area contributed by atoms with Gasteiger partial charge in [-0.05, 0) is 49.7 Å². The number of hydrogen-bond donors (Lipinski definition) is 2. The molecule has 1 fully saturated rings. The predicted octanol–water partition coefficient (Wildman–Crippen LogP) is 1.72. The fourth-order valence-corrected chi connectivity index (χ4v) is 3.73. The highest BCUT2D eigenvalue weighted by atomic mass is 32.2. The predicted molar refractivity (Wildman–Crippen MR) is 79.7 cm³/mol. The third-order valence-electron chi connectivity index (χ3n) is 4.03. The Balaban J connectivity index is 2.03. The minimum Gasteiger partial charge on any atom is -0.361 e. The van der Waals surface area contributed by atoms with Gasteiger partial charge in [0, 0.05) is 23.1 Å². The summed E-state index contributed by atoms with van der Waals surface area (Å²) in [6, 6.07) is 6.09. The largest absolute Gasteiger partial charge is 0.361 e. The van der Waals surface area contributed by atoms with E-state index in [2.05, 4.69) is 16.9 Å². The van der Waals surface area contributed by atoms with Crippen LogP contribution in [0.2, 0.25) is 0 Å². The average molecular weight is 293 g/mol. The maximum Gasteiger partial charge on any atom is 0.213 e. The first kappa shape index (κ1) is 13.6. The molecule has 2 heterocycles. The van der Waals surface area contributed by atoms with Gasteiger partial charge in [-0.15, -0.1) is 0 Å². The van der Waals surface area contributed by atoms with Crippen molar-refractivity contribution in [3.63, 3.8) is 0 Å². The van der Waals surface area contributed by atoms with Crippen molar-refractivity contribution in [3.05, 3.63) is 35.5 Å². The van der Waals surface area contributed by atoms with Gasteiger partial charge in [-0.3, -0.25) is 4.90 Å². The van der Waals surface area contributed by atoms with E-state index in [0.717, 1.165) is 29.4 Å². The van der Waals surface area contributed by atoms with Gasteiger partial charge in [-0.2, -0.15) is 0 Å². The highest BCUT2D eigenvalue weighted by Crippen LogP contribution is 2.35. The minimum atomic E-state index is -3.49. The maximum atomic E-state index is 11.2. The summed E-state index contributed by atoms with van der Waals surface area (Å²) in [5, 5.41) is 6.23. The van der Waals surface area contributed by atoms with E-state index >= 15 is 0 Å². The Morgan fingerprint density at radius 3 is 2.90 bits per heavy atom. The van der Waals surface area contributed by atoms with Gasteiger partial charge in [0.1, 0.15) is 0 Å². The standard InChI is InChI=1S/C14H19N3O2S/c1-17-6-2-3-14(17)12-8-16-13-5-4-10(7-11(12)13)9-20(15,18)19/h4-5,7-8,14,16H,2-3,6,9H2,1H3,(H2,15,18,19). The first-order chi connectivity index (χ1) is 9.44. The van der Waals surface area contributed by atoms with Crippen LogP contribution in [0.5, 0.6) is 0 Å².